The predicted octanol–water partition coefficient (Wildman–Crippen LogP) is 6.31. The summed E-state index contributed by atoms with van der Waals surface area (Å²) < 4.78 is 23.2. The molecule has 1 unspecified atom stereocenters. The number of hydrogen-bond donors (Lipinski definition) is 1. The van der Waals surface area contributed by atoms with Gasteiger partial charge >= 0.3 is 12.2 Å². The molecule has 0 bridgehead atoms. The van der Waals surface area contributed by atoms with Crippen molar-refractivity contribution in [2.24, 2.45) is 4.99 Å². The molecule has 1 aliphatic heterocycles. The van der Waals surface area contributed by atoms with Gasteiger partial charge in [-0.1, -0.05) is 0 Å². The molecule has 1 atom stereocenters. The number of amides is 2. The van der Waals surface area contributed by atoms with Crippen LogP contribution in [0.2, 0.25) is 0 Å². The van der Waals surface area contributed by atoms with Crippen molar-refractivity contribution in [2.45, 2.75) is 78.4 Å². The number of aliphatic hydroxyl groups excluding tert-OH is 1. The third-order valence-electron chi connectivity index (χ3n) is 6.84. The average Bonchev–Trinajstić information content (AvgIpc) is 3.70. The van der Waals surface area contributed by atoms with E-state index in [9.17, 15) is 9.59 Å². The Balaban J connectivity index is 1.66. The molecule has 45 heavy (non-hydrogen) atoms. The summed E-state index contributed by atoms with van der Waals surface area (Å²) in [7, 11) is 0. The summed E-state index contributed by atoms with van der Waals surface area (Å²) in [4.78, 5) is 39.0. The van der Waals surface area contributed by atoms with Gasteiger partial charge in [0.15, 0.2) is 5.65 Å². The molecule has 2 amide bonds. The van der Waals surface area contributed by atoms with Crippen molar-refractivity contribution < 1.29 is 28.6 Å². The third kappa shape index (κ3) is 7.51. The fourth-order valence-electron chi connectivity index (χ4n) is 5.00. The zero-order valence-corrected chi connectivity index (χ0v) is 27.4. The van der Waals surface area contributed by atoms with Crippen molar-refractivity contribution in [1.29, 1.82) is 0 Å². The molecule has 4 aromatic heterocycles. The zero-order valence-electron chi connectivity index (χ0n) is 26.6. The van der Waals surface area contributed by atoms with Gasteiger partial charge in [0, 0.05) is 36.2 Å². The Labute approximate surface area is 265 Å². The number of nitrogens with zero attached hydrogens (tertiary/aromatic N) is 7. The number of aliphatic hydroxyl groups is 1. The molecule has 4 aromatic rings. The Bertz CT molecular complexity index is 1710. The largest absolute Gasteiger partial charge is 0.463 e. The smallest absolute Gasteiger partial charge is 0.421 e. The van der Waals surface area contributed by atoms with Crippen LogP contribution in [-0.4, -0.2) is 78.4 Å². The minimum atomic E-state index is -0.764. The number of carbonyl (C=O) groups excluding carboxylic acids is 2. The van der Waals surface area contributed by atoms with E-state index in [0.29, 0.717) is 52.1 Å². The Kier molecular flexibility index (Phi) is 8.99. The lowest BCUT2D eigenvalue weighted by atomic mass is 9.94. The summed E-state index contributed by atoms with van der Waals surface area (Å²) in [5.41, 5.74) is 1.90. The number of aromatic nitrogens is 4. The molecule has 5 heterocycles. The number of rotatable bonds is 6. The second-order valence-corrected chi connectivity index (χ2v) is 13.7. The monoisotopic (exact) mass is 637 g/mol. The van der Waals surface area contributed by atoms with Crippen LogP contribution < -0.4 is 4.90 Å². The van der Waals surface area contributed by atoms with E-state index in [1.165, 1.54) is 22.6 Å². The lowest BCUT2D eigenvalue weighted by Gasteiger charge is -2.34. The Morgan fingerprint density at radius 1 is 1.18 bits per heavy atom. The van der Waals surface area contributed by atoms with E-state index < -0.39 is 17.3 Å². The summed E-state index contributed by atoms with van der Waals surface area (Å²) in [6.45, 7) is 13.4. The second-order valence-electron chi connectivity index (χ2n) is 12.9. The number of aliphatic imine (C=N–C) groups is 1. The van der Waals surface area contributed by atoms with Crippen molar-refractivity contribution in [2.75, 3.05) is 24.7 Å². The molecule has 1 N–H and O–H groups in total. The van der Waals surface area contributed by atoms with Gasteiger partial charge in [0.2, 0.25) is 0 Å². The van der Waals surface area contributed by atoms with Gasteiger partial charge in [-0.2, -0.15) is 14.0 Å². The number of fused-ring (bicyclic) bond motifs is 1. The first-order valence-corrected chi connectivity index (χ1v) is 15.5. The normalized spacial score (nSPS) is 16.0. The number of anilines is 2. The van der Waals surface area contributed by atoms with Crippen molar-refractivity contribution in [1.82, 2.24) is 23.9 Å². The highest BCUT2D eigenvalue weighted by Gasteiger charge is 2.33. The molecule has 240 valence electrons. The van der Waals surface area contributed by atoms with Gasteiger partial charge in [-0.05, 0) is 85.0 Å². The highest BCUT2D eigenvalue weighted by molar-refractivity contribution is 7.10. The van der Waals surface area contributed by atoms with E-state index in [1.807, 2.05) is 60.6 Å². The fourth-order valence-corrected chi connectivity index (χ4v) is 5.76. The minimum Gasteiger partial charge on any atom is -0.463 e. The Morgan fingerprint density at radius 2 is 1.93 bits per heavy atom. The van der Waals surface area contributed by atoms with E-state index in [1.54, 1.807) is 27.9 Å². The molecular formula is C31H39N7O6S. The summed E-state index contributed by atoms with van der Waals surface area (Å²) in [6, 6.07) is 5.42. The molecule has 0 aromatic carbocycles. The highest BCUT2D eigenvalue weighted by Crippen LogP contribution is 2.37. The number of carbonyl (C=O) groups is 2. The molecule has 0 aliphatic carbocycles. The van der Waals surface area contributed by atoms with Crippen molar-refractivity contribution in [3.05, 3.63) is 47.8 Å². The van der Waals surface area contributed by atoms with E-state index in [0.717, 1.165) is 18.5 Å². The molecule has 14 heteroatoms. The van der Waals surface area contributed by atoms with Gasteiger partial charge < -0.3 is 23.9 Å². The average molecular weight is 638 g/mol. The van der Waals surface area contributed by atoms with Crippen molar-refractivity contribution in [3.8, 4) is 11.1 Å². The first kappa shape index (κ1) is 32.1. The fraction of sp³-hybridized carbons (Fsp3) is 0.484. The molecule has 5 rings (SSSR count). The van der Waals surface area contributed by atoms with Crippen LogP contribution in [0.1, 0.15) is 77.5 Å². The molecule has 0 saturated carbocycles. The zero-order chi connectivity index (χ0) is 32.5. The maximum atomic E-state index is 13.9. The molecule has 13 nitrogen and oxygen atoms in total. The van der Waals surface area contributed by atoms with Gasteiger partial charge in [0.25, 0.3) is 0 Å². The van der Waals surface area contributed by atoms with Crippen LogP contribution in [0.15, 0.2) is 40.1 Å². The second kappa shape index (κ2) is 12.6. The van der Waals surface area contributed by atoms with E-state index in [2.05, 4.69) is 14.5 Å². The number of likely N-dealkylation sites (tertiary alicyclic amines) is 1. The van der Waals surface area contributed by atoms with E-state index in [-0.39, 0.29) is 18.7 Å². The summed E-state index contributed by atoms with van der Waals surface area (Å²) in [6.07, 6.45) is 5.24. The van der Waals surface area contributed by atoms with Gasteiger partial charge in [-0.25, -0.2) is 19.5 Å². The number of hydrogen-bond acceptors (Lipinski definition) is 11. The first-order valence-electron chi connectivity index (χ1n) is 14.7. The number of furan rings is 1. The Morgan fingerprint density at radius 3 is 2.60 bits per heavy atom. The Hall–Kier alpha value is -4.30. The van der Waals surface area contributed by atoms with Crippen LogP contribution in [0.5, 0.6) is 0 Å². The van der Waals surface area contributed by atoms with Crippen LogP contribution >= 0.6 is 11.5 Å². The third-order valence-corrected chi connectivity index (χ3v) is 7.70. The maximum absolute atomic E-state index is 13.9. The molecule has 1 saturated heterocycles. The number of ether oxygens (including phenoxy) is 2. The minimum absolute atomic E-state index is 0.141. The van der Waals surface area contributed by atoms with Crippen molar-refractivity contribution in [3.63, 3.8) is 0 Å². The van der Waals surface area contributed by atoms with Gasteiger partial charge in [-0.3, -0.25) is 4.99 Å². The first-order chi connectivity index (χ1) is 21.2. The summed E-state index contributed by atoms with van der Waals surface area (Å²) in [5.74, 6) is 0.725. The van der Waals surface area contributed by atoms with Crippen LogP contribution in [0.3, 0.4) is 0 Å². The number of aryl methyl sites for hydroxylation is 1. The molecule has 0 radical (unpaired) electrons. The van der Waals surface area contributed by atoms with E-state index >= 15 is 0 Å². The van der Waals surface area contributed by atoms with Gasteiger partial charge in [0.05, 0.1) is 30.1 Å². The van der Waals surface area contributed by atoms with E-state index in [4.69, 9.17) is 24.0 Å². The van der Waals surface area contributed by atoms with Crippen LogP contribution in [0.4, 0.5) is 20.4 Å². The quantitative estimate of drug-likeness (QED) is 0.240. The lowest BCUT2D eigenvalue weighted by molar-refractivity contribution is 0.0197. The summed E-state index contributed by atoms with van der Waals surface area (Å²) >= 11 is 1.17. The van der Waals surface area contributed by atoms with Crippen LogP contribution in [-0.2, 0) is 9.47 Å². The topological polar surface area (TPSA) is 148 Å². The van der Waals surface area contributed by atoms with Gasteiger partial charge in [0.1, 0.15) is 34.5 Å². The molecule has 0 spiro atoms. The standard InChI is InChI=1S/C31H39N7O6S/c1-19-11-26(45-35-19)37(29(41)44-31(5,6)7)25-13-24(20-9-8-10-36(16-20)28(40)43-30(2,3)4)34-27-23(15-33-38(25)27)21-12-22(42-17-21)14-32-18-39/h11-15,17,20,39H,8-10,16,18H2,1-7H3/b32-14-. The van der Waals surface area contributed by atoms with Crippen LogP contribution in [0.25, 0.3) is 16.8 Å². The molecule has 1 fully saturated rings. The lowest BCUT2D eigenvalue weighted by Crippen LogP contribution is -2.42. The van der Waals surface area contributed by atoms with Crippen molar-refractivity contribution >= 4 is 46.4 Å². The SMILES string of the molecule is Cc1cc(N(C(=O)OC(C)(C)C)c2cc(C3CCCN(C(=O)OC(C)(C)C)C3)nc3c(-c4coc(/C=N\CO)c4)cnn23)sn1. The predicted molar refractivity (Wildman–Crippen MR) is 170 cm³/mol. The summed E-state index contributed by atoms with van der Waals surface area (Å²) in [5, 5.41) is 14.3. The molecular weight excluding hydrogens is 598 g/mol. The highest BCUT2D eigenvalue weighted by atomic mass is 32.1. The molecule has 1 aliphatic rings. The van der Waals surface area contributed by atoms with Crippen LogP contribution in [0, 0.1) is 6.92 Å². The maximum Gasteiger partial charge on any atom is 0.421 e. The van der Waals surface area contributed by atoms with Gasteiger partial charge in [-0.15, -0.1) is 0 Å². The number of piperidine rings is 1.